The largest absolute Gasteiger partial charge is 0.436 e. The molecule has 1 amide bonds. The van der Waals surface area contributed by atoms with Crippen molar-refractivity contribution in [1.82, 2.24) is 19.6 Å². The first-order valence-corrected chi connectivity index (χ1v) is 12.2. The van der Waals surface area contributed by atoms with Crippen LogP contribution in [0.2, 0.25) is 0 Å². The molecular formula is C23H18F6N4O3S. The normalized spacial score (nSPS) is 16.6. The third-order valence-electron chi connectivity index (χ3n) is 5.70. The van der Waals surface area contributed by atoms with Crippen molar-refractivity contribution in [1.29, 1.82) is 0 Å². The van der Waals surface area contributed by atoms with Gasteiger partial charge in [-0.15, -0.1) is 0 Å². The quantitative estimate of drug-likeness (QED) is 0.473. The average Bonchev–Trinajstić information content (AvgIpc) is 3.34. The van der Waals surface area contributed by atoms with Crippen molar-refractivity contribution in [3.8, 4) is 11.1 Å². The lowest BCUT2D eigenvalue weighted by molar-refractivity contribution is -0.143. The zero-order valence-corrected chi connectivity index (χ0v) is 19.6. The molecule has 1 aliphatic rings. The number of rotatable bonds is 6. The Morgan fingerprint density at radius 1 is 1.03 bits per heavy atom. The summed E-state index contributed by atoms with van der Waals surface area (Å²) in [4.78, 5) is 19.5. The number of hydrogen-bond acceptors (Lipinski definition) is 5. The minimum atomic E-state index is -5.02. The molecule has 196 valence electrons. The summed E-state index contributed by atoms with van der Waals surface area (Å²) < 4.78 is 107. The molecule has 1 aromatic carbocycles. The van der Waals surface area contributed by atoms with Gasteiger partial charge in [-0.3, -0.25) is 9.78 Å². The molecule has 1 saturated heterocycles. The lowest BCUT2D eigenvalue weighted by Gasteiger charge is -2.23. The van der Waals surface area contributed by atoms with Crippen molar-refractivity contribution in [2.24, 2.45) is 0 Å². The number of pyridine rings is 2. The van der Waals surface area contributed by atoms with Crippen molar-refractivity contribution < 1.29 is 39.6 Å². The zero-order chi connectivity index (χ0) is 27.0. The minimum Gasteiger partial charge on any atom is -0.349 e. The van der Waals surface area contributed by atoms with E-state index in [-0.39, 0.29) is 41.2 Å². The van der Waals surface area contributed by atoms with Crippen molar-refractivity contribution in [3.63, 3.8) is 0 Å². The Hall–Kier alpha value is -3.52. The van der Waals surface area contributed by atoms with Crippen molar-refractivity contribution >= 4 is 15.9 Å². The second-order valence-electron chi connectivity index (χ2n) is 8.15. The molecule has 1 atom stereocenters. The van der Waals surface area contributed by atoms with Gasteiger partial charge in [0.05, 0.1) is 23.3 Å². The molecule has 0 saturated carbocycles. The SMILES string of the molecule is O=C(NCc1cc(-c2cnc(C(F)(F)F)c(F)c2)c(F)cn1)[C@@H]1CCCN1S(=O)(=O)c1ccc(F)cc1. The molecule has 37 heavy (non-hydrogen) atoms. The molecule has 0 bridgehead atoms. The molecule has 3 heterocycles. The number of aromatic nitrogens is 2. The van der Waals surface area contributed by atoms with Crippen molar-refractivity contribution in [2.75, 3.05) is 6.54 Å². The summed E-state index contributed by atoms with van der Waals surface area (Å²) >= 11 is 0. The number of nitrogens with zero attached hydrogens (tertiary/aromatic N) is 3. The Morgan fingerprint density at radius 2 is 1.73 bits per heavy atom. The van der Waals surface area contributed by atoms with Gasteiger partial charge in [-0.2, -0.15) is 17.5 Å². The summed E-state index contributed by atoms with van der Waals surface area (Å²) in [7, 11) is -4.08. The highest BCUT2D eigenvalue weighted by Crippen LogP contribution is 2.32. The predicted octanol–water partition coefficient (Wildman–Crippen LogP) is 4.05. The van der Waals surface area contributed by atoms with Crippen LogP contribution in [0.5, 0.6) is 0 Å². The van der Waals surface area contributed by atoms with E-state index in [9.17, 15) is 39.6 Å². The van der Waals surface area contributed by atoms with Crippen LogP contribution in [-0.4, -0.2) is 41.2 Å². The van der Waals surface area contributed by atoms with E-state index < -0.39 is 51.3 Å². The lowest BCUT2D eigenvalue weighted by atomic mass is 10.1. The molecule has 7 nitrogen and oxygen atoms in total. The van der Waals surface area contributed by atoms with E-state index in [0.717, 1.165) is 40.8 Å². The van der Waals surface area contributed by atoms with Gasteiger partial charge in [0.2, 0.25) is 15.9 Å². The molecule has 0 radical (unpaired) electrons. The Kier molecular flexibility index (Phi) is 7.24. The molecule has 1 N–H and O–H groups in total. The topological polar surface area (TPSA) is 92.3 Å². The van der Waals surface area contributed by atoms with Crippen LogP contribution >= 0.6 is 0 Å². The van der Waals surface area contributed by atoms with Gasteiger partial charge in [-0.25, -0.2) is 26.6 Å². The number of amides is 1. The van der Waals surface area contributed by atoms with Gasteiger partial charge in [0, 0.05) is 23.9 Å². The van der Waals surface area contributed by atoms with Crippen LogP contribution in [0, 0.1) is 17.5 Å². The molecule has 0 aliphatic carbocycles. The summed E-state index contributed by atoms with van der Waals surface area (Å²) in [6.45, 7) is -0.202. The van der Waals surface area contributed by atoms with E-state index in [1.54, 1.807) is 0 Å². The maximum absolute atomic E-state index is 14.3. The van der Waals surface area contributed by atoms with E-state index >= 15 is 0 Å². The molecule has 14 heteroatoms. The van der Waals surface area contributed by atoms with Crippen LogP contribution in [-0.2, 0) is 27.5 Å². The number of hydrogen-bond donors (Lipinski definition) is 1. The highest BCUT2D eigenvalue weighted by Gasteiger charge is 2.39. The second kappa shape index (κ2) is 10.1. The van der Waals surface area contributed by atoms with Gasteiger partial charge >= 0.3 is 6.18 Å². The first-order chi connectivity index (χ1) is 17.4. The number of carbonyl (C=O) groups is 1. The summed E-state index contributed by atoms with van der Waals surface area (Å²) in [5.41, 5.74) is -2.23. The van der Waals surface area contributed by atoms with E-state index in [1.807, 2.05) is 0 Å². The molecule has 1 aliphatic heterocycles. The highest BCUT2D eigenvalue weighted by atomic mass is 32.2. The van der Waals surface area contributed by atoms with Gasteiger partial charge in [-0.05, 0) is 49.2 Å². The van der Waals surface area contributed by atoms with Gasteiger partial charge in [0.25, 0.3) is 0 Å². The average molecular weight is 544 g/mol. The number of nitrogens with one attached hydrogen (secondary N) is 1. The molecule has 3 aromatic rings. The number of carbonyl (C=O) groups excluding carboxylic acids is 1. The van der Waals surface area contributed by atoms with Crippen LogP contribution in [0.15, 0.2) is 53.7 Å². The molecule has 0 unspecified atom stereocenters. The summed E-state index contributed by atoms with van der Waals surface area (Å²) in [5, 5.41) is 2.51. The van der Waals surface area contributed by atoms with Gasteiger partial charge in [0.1, 0.15) is 17.7 Å². The van der Waals surface area contributed by atoms with E-state index in [0.29, 0.717) is 18.7 Å². The monoisotopic (exact) mass is 544 g/mol. The lowest BCUT2D eigenvalue weighted by Crippen LogP contribution is -2.45. The Morgan fingerprint density at radius 3 is 2.38 bits per heavy atom. The molecular weight excluding hydrogens is 526 g/mol. The molecule has 4 rings (SSSR count). The third-order valence-corrected chi connectivity index (χ3v) is 7.63. The van der Waals surface area contributed by atoms with Gasteiger partial charge in [0.15, 0.2) is 11.5 Å². The van der Waals surface area contributed by atoms with Crippen LogP contribution in [0.4, 0.5) is 26.3 Å². The summed E-state index contributed by atoms with van der Waals surface area (Å²) in [6.07, 6.45) is -2.96. The number of alkyl halides is 3. The van der Waals surface area contributed by atoms with E-state index in [1.165, 1.54) is 0 Å². The highest BCUT2D eigenvalue weighted by molar-refractivity contribution is 7.89. The minimum absolute atomic E-state index is 0.0726. The maximum Gasteiger partial charge on any atom is 0.436 e. The third kappa shape index (κ3) is 5.59. The predicted molar refractivity (Wildman–Crippen MR) is 118 cm³/mol. The molecule has 0 spiro atoms. The fourth-order valence-corrected chi connectivity index (χ4v) is 5.58. The van der Waals surface area contributed by atoms with Crippen molar-refractivity contribution in [2.45, 2.75) is 36.5 Å². The van der Waals surface area contributed by atoms with Crippen LogP contribution < -0.4 is 5.32 Å². The van der Waals surface area contributed by atoms with E-state index in [2.05, 4.69) is 15.3 Å². The van der Waals surface area contributed by atoms with E-state index in [4.69, 9.17) is 0 Å². The first kappa shape index (κ1) is 26.5. The summed E-state index contributed by atoms with van der Waals surface area (Å²) in [5.74, 6) is -3.91. The number of halogens is 6. The number of benzene rings is 1. The molecule has 2 aromatic heterocycles. The van der Waals surface area contributed by atoms with Crippen LogP contribution in [0.3, 0.4) is 0 Å². The second-order valence-corrected chi connectivity index (χ2v) is 10.0. The first-order valence-electron chi connectivity index (χ1n) is 10.8. The van der Waals surface area contributed by atoms with Crippen molar-refractivity contribution in [3.05, 3.63) is 77.6 Å². The fourth-order valence-electron chi connectivity index (χ4n) is 3.92. The van der Waals surface area contributed by atoms with Crippen LogP contribution in [0.1, 0.15) is 24.2 Å². The van der Waals surface area contributed by atoms with Crippen LogP contribution in [0.25, 0.3) is 11.1 Å². The summed E-state index contributed by atoms with van der Waals surface area (Å²) in [6, 6.07) is 4.74. The Balaban J connectivity index is 1.49. The molecule has 1 fully saturated rings. The van der Waals surface area contributed by atoms with Gasteiger partial charge < -0.3 is 5.32 Å². The standard InChI is InChI=1S/C23H18F6N4O3S/c24-14-3-5-16(6-4-14)37(35,36)33-7-1-2-20(33)22(34)32-11-15-9-17(19(26)12-30-15)13-8-18(25)21(31-10-13)23(27,28)29/h3-6,8-10,12,20H,1-2,7,11H2,(H,32,34)/t20-/m0/s1. The maximum atomic E-state index is 14.3. The Labute approximate surface area is 207 Å². The smallest absolute Gasteiger partial charge is 0.349 e. The Bertz CT molecular complexity index is 1430. The fraction of sp³-hybridized carbons (Fsp3) is 0.261. The number of sulfonamides is 1. The van der Waals surface area contributed by atoms with Gasteiger partial charge in [-0.1, -0.05) is 0 Å². The zero-order valence-electron chi connectivity index (χ0n) is 18.8.